The summed E-state index contributed by atoms with van der Waals surface area (Å²) in [6, 6.07) is 13.9. The Morgan fingerprint density at radius 3 is 2.39 bits per heavy atom. The summed E-state index contributed by atoms with van der Waals surface area (Å²) >= 11 is 12.7. The third kappa shape index (κ3) is 7.01. The summed E-state index contributed by atoms with van der Waals surface area (Å²) in [5.74, 6) is -4.20. The molecule has 67 heavy (non-hydrogen) atoms. The van der Waals surface area contributed by atoms with Crippen LogP contribution in [0.5, 0.6) is 17.2 Å². The van der Waals surface area contributed by atoms with Crippen LogP contribution in [0.3, 0.4) is 0 Å². The number of pyridine rings is 1. The smallest absolute Gasteiger partial charge is 0.417 e. The van der Waals surface area contributed by atoms with Crippen LogP contribution in [0, 0.1) is 5.92 Å². The molecule has 0 unspecified atom stereocenters. The van der Waals surface area contributed by atoms with E-state index in [2.05, 4.69) is 22.0 Å². The number of benzene rings is 3. The minimum atomic E-state index is -4.80. The molecule has 1 saturated heterocycles. The molecule has 0 spiro atoms. The Morgan fingerprint density at radius 1 is 1.00 bits per heavy atom. The number of phenolic OH excluding ortho intramolecular Hbond substituents is 1. The molecule has 9 rings (SSSR count). The zero-order chi connectivity index (χ0) is 47.9. The molecule has 2 N–H and O–H groups in total. The van der Waals surface area contributed by atoms with E-state index in [1.807, 2.05) is 0 Å². The number of nitrogens with one attached hydrogen (secondary N) is 1. The van der Waals surface area contributed by atoms with Gasteiger partial charge in [-0.1, -0.05) is 65.7 Å². The number of imide groups is 1. The van der Waals surface area contributed by atoms with E-state index < -0.39 is 74.6 Å². The van der Waals surface area contributed by atoms with Gasteiger partial charge in [0, 0.05) is 54.8 Å². The number of para-hydroxylation sites is 1. The number of halogens is 5. The molecule has 2 fully saturated rings. The van der Waals surface area contributed by atoms with E-state index in [-0.39, 0.29) is 49.4 Å². The predicted molar refractivity (Wildman–Crippen MR) is 240 cm³/mol. The number of allylic oxidation sites excluding steroid dienone is 3. The van der Waals surface area contributed by atoms with Gasteiger partial charge in [0.15, 0.2) is 17.3 Å². The molecular formula is C46H39Cl2F3N8O8. The van der Waals surface area contributed by atoms with Gasteiger partial charge in [0.25, 0.3) is 17.4 Å². The van der Waals surface area contributed by atoms with Crippen molar-refractivity contribution in [2.45, 2.75) is 55.9 Å². The van der Waals surface area contributed by atoms with E-state index in [1.54, 1.807) is 61.7 Å². The first-order valence-electron chi connectivity index (χ1n) is 20.7. The number of aromatic hydroxyl groups is 1. The number of alkyl halides is 3. The number of methoxy groups -OCH3 is 2. The number of aryl methyl sites for hydroxylation is 2. The molecule has 3 aromatic heterocycles. The number of nitrogens with zero attached hydrogens (tertiary/aromatic N) is 7. The molecule has 4 atom stereocenters. The third-order valence-corrected chi connectivity index (χ3v) is 13.5. The Morgan fingerprint density at radius 2 is 1.72 bits per heavy atom. The van der Waals surface area contributed by atoms with Crippen LogP contribution < -0.4 is 31.8 Å². The van der Waals surface area contributed by atoms with Crippen LogP contribution in [-0.4, -0.2) is 64.6 Å². The molecule has 5 heterocycles. The number of carbonyl (C=O) groups excluding carboxylic acids is 2. The van der Waals surface area contributed by atoms with Gasteiger partial charge in [-0.05, 0) is 47.7 Å². The second kappa shape index (κ2) is 16.6. The number of phenols is 1. The van der Waals surface area contributed by atoms with Gasteiger partial charge in [-0.25, -0.2) is 33.5 Å². The molecule has 16 nitrogen and oxygen atoms in total. The first-order chi connectivity index (χ1) is 32.0. The van der Waals surface area contributed by atoms with Crippen LogP contribution in [0.2, 0.25) is 10.0 Å². The van der Waals surface area contributed by atoms with Gasteiger partial charge in [-0.2, -0.15) is 18.2 Å². The topological polar surface area (TPSA) is 185 Å². The number of hydrogen-bond acceptors (Lipinski definition) is 11. The average Bonchev–Trinajstić information content (AvgIpc) is 3.67. The number of aromatic nitrogens is 6. The fourth-order valence-corrected chi connectivity index (χ4v) is 10.2. The molecule has 1 aliphatic carbocycles. The zero-order valence-corrected chi connectivity index (χ0v) is 37.3. The van der Waals surface area contributed by atoms with Crippen molar-refractivity contribution in [3.63, 3.8) is 0 Å². The summed E-state index contributed by atoms with van der Waals surface area (Å²) in [6.07, 6.45) is -1.20. The van der Waals surface area contributed by atoms with Crippen molar-refractivity contribution in [1.29, 1.82) is 0 Å². The lowest BCUT2D eigenvalue weighted by Gasteiger charge is -2.49. The van der Waals surface area contributed by atoms with Crippen LogP contribution >= 0.6 is 23.2 Å². The van der Waals surface area contributed by atoms with Crippen molar-refractivity contribution >= 4 is 51.9 Å². The zero-order valence-electron chi connectivity index (χ0n) is 35.8. The highest BCUT2D eigenvalue weighted by Gasteiger charge is 2.69. The summed E-state index contributed by atoms with van der Waals surface area (Å²) in [6.45, 7) is 3.36. The Labute approximate surface area is 387 Å². The summed E-state index contributed by atoms with van der Waals surface area (Å²) in [5, 5.41) is 12.5. The van der Waals surface area contributed by atoms with Crippen molar-refractivity contribution in [1.82, 2.24) is 33.5 Å². The Balaban J connectivity index is 1.19. The maximum atomic E-state index is 15.5. The lowest BCUT2D eigenvalue weighted by Crippen LogP contribution is -2.53. The van der Waals surface area contributed by atoms with Gasteiger partial charge in [0.2, 0.25) is 0 Å². The van der Waals surface area contributed by atoms with Gasteiger partial charge in [0.05, 0.1) is 59.8 Å². The van der Waals surface area contributed by atoms with E-state index in [9.17, 15) is 32.7 Å². The third-order valence-electron chi connectivity index (χ3n) is 12.9. The first kappa shape index (κ1) is 45.1. The summed E-state index contributed by atoms with van der Waals surface area (Å²) < 4.78 is 56.5. The number of rotatable bonds is 11. The van der Waals surface area contributed by atoms with E-state index in [0.717, 1.165) is 4.57 Å². The number of carbonyl (C=O) groups is 2. The molecule has 0 radical (unpaired) electrons. The Hall–Kier alpha value is -7.12. The maximum absolute atomic E-state index is 15.5. The van der Waals surface area contributed by atoms with Gasteiger partial charge in [-0.3, -0.25) is 19.8 Å². The van der Waals surface area contributed by atoms with Gasteiger partial charge in [-0.15, -0.1) is 6.58 Å². The quantitative estimate of drug-likeness (QED) is 0.113. The summed E-state index contributed by atoms with van der Waals surface area (Å²) in [5.41, 5.74) is -0.185. The van der Waals surface area contributed by atoms with Crippen LogP contribution in [0.4, 0.5) is 19.0 Å². The lowest BCUT2D eigenvalue weighted by atomic mass is 9.53. The van der Waals surface area contributed by atoms with Crippen molar-refractivity contribution in [2.24, 2.45) is 13.0 Å². The molecule has 21 heteroatoms. The molecule has 346 valence electrons. The summed E-state index contributed by atoms with van der Waals surface area (Å²) in [7, 11) is 4.48. The van der Waals surface area contributed by atoms with Crippen LogP contribution in [0.15, 0.2) is 106 Å². The van der Waals surface area contributed by atoms with E-state index in [1.165, 1.54) is 40.3 Å². The number of hydrogen-bond donors (Lipinski definition) is 2. The molecule has 0 bridgehead atoms. The Kier molecular flexibility index (Phi) is 11.2. The van der Waals surface area contributed by atoms with Gasteiger partial charge < -0.3 is 19.1 Å². The molecule has 3 aliphatic rings. The number of amides is 2. The Bertz CT molecular complexity index is 3290. The molecule has 2 aliphatic heterocycles. The highest BCUT2D eigenvalue weighted by molar-refractivity contribution is 6.33. The fraction of sp³-hybridized carbons (Fsp3) is 0.283. The standard InChI is InChI=1S/C46H39Cl2F3N8O8/c1-5-7-23-8-6-9-28(38(23)60)37-27-14-17-57-43(64)56(16-15-31-41(62)55(2)34-21-36(67-4)35(66-3)20-32(34)53-31)44(65)59(57)33(27)19-29-40(61)58(42(63)45(29,37)24-10-12-26(47)13-11-24)54-39-30(48)18-25(22-52-39)46(49,50)51/h5-6,8-14,18,20-22,29,33,37,60H,1,7,15-17,19H2,2-4H3,(H,52,54)/t29-,33+,37+,45+/m0/s1. The molecule has 3 aromatic carbocycles. The number of hydrazine groups is 1. The number of ether oxygens (including phenoxy) is 2. The second-order valence-electron chi connectivity index (χ2n) is 16.3. The number of anilines is 1. The van der Waals surface area contributed by atoms with Crippen molar-refractivity contribution in [3.8, 4) is 17.2 Å². The van der Waals surface area contributed by atoms with Crippen LogP contribution in [-0.2, 0) is 54.2 Å². The van der Waals surface area contributed by atoms with Crippen molar-refractivity contribution in [3.05, 3.63) is 160 Å². The van der Waals surface area contributed by atoms with E-state index >= 15 is 9.59 Å². The van der Waals surface area contributed by atoms with Gasteiger partial charge >= 0.3 is 17.6 Å². The van der Waals surface area contributed by atoms with Crippen LogP contribution in [0.25, 0.3) is 11.0 Å². The maximum Gasteiger partial charge on any atom is 0.417 e. The molecule has 1 saturated carbocycles. The number of fused-ring (bicyclic) bond motifs is 5. The molecule has 6 aromatic rings. The highest BCUT2D eigenvalue weighted by atomic mass is 35.5. The summed E-state index contributed by atoms with van der Waals surface area (Å²) in [4.78, 5) is 81.6. The average molecular weight is 960 g/mol. The van der Waals surface area contributed by atoms with Crippen molar-refractivity contribution in [2.75, 3.05) is 19.6 Å². The van der Waals surface area contributed by atoms with Crippen molar-refractivity contribution < 1.29 is 37.3 Å². The molecular weight excluding hydrogens is 920 g/mol. The van der Waals surface area contributed by atoms with E-state index in [4.69, 9.17) is 32.7 Å². The lowest BCUT2D eigenvalue weighted by molar-refractivity contribution is -0.139. The van der Waals surface area contributed by atoms with Gasteiger partial charge in [0.1, 0.15) is 11.4 Å². The second-order valence-corrected chi connectivity index (χ2v) is 17.2. The minimum Gasteiger partial charge on any atom is -0.507 e. The largest absolute Gasteiger partial charge is 0.507 e. The SMILES string of the molecule is C=CCc1cccc([C@H]2C3=CCn4c(=O)n(CCc5nc6cc(OC)c(OC)cc6n(C)c5=O)c(=O)n4[C@@H]3C[C@H]3C(=O)N(Nc4ncc(C(F)(F)F)cc4Cl)C(=O)[C@@]23c2ccc(Cl)cc2)c1O. The minimum absolute atomic E-state index is 0.0622. The predicted octanol–water partition coefficient (Wildman–Crippen LogP) is 6.09. The fourth-order valence-electron chi connectivity index (χ4n) is 9.88. The first-order valence-corrected chi connectivity index (χ1v) is 21.5. The highest BCUT2D eigenvalue weighted by Crippen LogP contribution is 2.63. The monoisotopic (exact) mass is 958 g/mol. The normalized spacial score (nSPS) is 20.0. The van der Waals surface area contributed by atoms with E-state index in [0.29, 0.717) is 61.5 Å². The molecule has 2 amide bonds. The van der Waals surface area contributed by atoms with Crippen LogP contribution in [0.1, 0.15) is 46.3 Å².